The molecule has 0 aliphatic heterocycles. The number of aryl methyl sites for hydroxylation is 1. The molecule has 4 heteroatoms. The molecule has 94 valence electrons. The fraction of sp³-hybridized carbons (Fsp3) is 0.462. The molecule has 1 rings (SSSR count). The first kappa shape index (κ1) is 13.4. The maximum Gasteiger partial charge on any atom is 0.303 e. The summed E-state index contributed by atoms with van der Waals surface area (Å²) in [5.41, 5.74) is 1.10. The maximum absolute atomic E-state index is 10.4. The van der Waals surface area contributed by atoms with Crippen LogP contribution in [0.3, 0.4) is 0 Å². The smallest absolute Gasteiger partial charge is 0.303 e. The summed E-state index contributed by atoms with van der Waals surface area (Å²) in [6.45, 7) is 0. The van der Waals surface area contributed by atoms with Crippen molar-refractivity contribution in [1.82, 2.24) is 0 Å². The second kappa shape index (κ2) is 6.78. The fourth-order valence-electron chi connectivity index (χ4n) is 1.62. The van der Waals surface area contributed by atoms with Gasteiger partial charge in [0.25, 0.3) is 0 Å². The number of aliphatic carboxylic acids is 1. The summed E-state index contributed by atoms with van der Waals surface area (Å²) < 4.78 is 10.3. The van der Waals surface area contributed by atoms with E-state index in [1.54, 1.807) is 14.2 Å². The summed E-state index contributed by atoms with van der Waals surface area (Å²) in [4.78, 5) is 10.4. The molecule has 0 unspecified atom stereocenters. The van der Waals surface area contributed by atoms with Gasteiger partial charge in [0.1, 0.15) is 11.5 Å². The summed E-state index contributed by atoms with van der Waals surface area (Å²) in [5, 5.41) is 8.54. The van der Waals surface area contributed by atoms with Crippen molar-refractivity contribution in [2.24, 2.45) is 0 Å². The van der Waals surface area contributed by atoms with Gasteiger partial charge in [-0.05, 0) is 37.0 Å². The van der Waals surface area contributed by atoms with E-state index in [1.165, 1.54) is 0 Å². The van der Waals surface area contributed by atoms with E-state index in [1.807, 2.05) is 18.2 Å². The lowest BCUT2D eigenvalue weighted by Gasteiger charge is -2.08. The minimum Gasteiger partial charge on any atom is -0.497 e. The molecule has 0 aliphatic rings. The van der Waals surface area contributed by atoms with E-state index >= 15 is 0 Å². The van der Waals surface area contributed by atoms with Crippen molar-refractivity contribution in [2.45, 2.75) is 25.7 Å². The zero-order chi connectivity index (χ0) is 12.7. The summed E-state index contributed by atoms with van der Waals surface area (Å²) in [6.07, 6.45) is 2.60. The predicted molar refractivity (Wildman–Crippen MR) is 64.7 cm³/mol. The topological polar surface area (TPSA) is 55.8 Å². The molecule has 0 atom stereocenters. The quantitative estimate of drug-likeness (QED) is 0.741. The Hall–Kier alpha value is -1.71. The number of hydrogen-bond donors (Lipinski definition) is 1. The van der Waals surface area contributed by atoms with Crippen molar-refractivity contribution in [3.8, 4) is 11.5 Å². The number of carbonyl (C=O) groups is 1. The van der Waals surface area contributed by atoms with Crippen molar-refractivity contribution in [2.75, 3.05) is 14.2 Å². The number of ether oxygens (including phenoxy) is 2. The number of methoxy groups -OCH3 is 2. The number of hydrogen-bond acceptors (Lipinski definition) is 3. The summed E-state index contributed by atoms with van der Waals surface area (Å²) in [6, 6.07) is 5.72. The molecule has 1 aromatic rings. The van der Waals surface area contributed by atoms with Gasteiger partial charge in [0.2, 0.25) is 0 Å². The van der Waals surface area contributed by atoms with Gasteiger partial charge >= 0.3 is 5.97 Å². The van der Waals surface area contributed by atoms with Crippen LogP contribution in [-0.2, 0) is 11.2 Å². The molecule has 0 spiro atoms. The van der Waals surface area contributed by atoms with Crippen LogP contribution in [0.5, 0.6) is 11.5 Å². The van der Waals surface area contributed by atoms with Gasteiger partial charge in [-0.15, -0.1) is 0 Å². The zero-order valence-corrected chi connectivity index (χ0v) is 10.2. The Balaban J connectivity index is 2.54. The number of unbranched alkanes of at least 4 members (excludes halogenated alkanes) is 1. The fourth-order valence-corrected chi connectivity index (χ4v) is 1.62. The molecule has 4 nitrogen and oxygen atoms in total. The van der Waals surface area contributed by atoms with Crippen LogP contribution in [0.25, 0.3) is 0 Å². The molecule has 0 aromatic heterocycles. The number of carboxylic acids is 1. The average molecular weight is 238 g/mol. The SMILES string of the molecule is COc1cc(CCCCC(=O)O)cc(OC)c1. The summed E-state index contributed by atoms with van der Waals surface area (Å²) >= 11 is 0. The number of benzene rings is 1. The third-order valence-electron chi connectivity index (χ3n) is 2.52. The van der Waals surface area contributed by atoms with Gasteiger partial charge in [0, 0.05) is 12.5 Å². The van der Waals surface area contributed by atoms with Crippen LogP contribution >= 0.6 is 0 Å². The highest BCUT2D eigenvalue weighted by atomic mass is 16.5. The number of rotatable bonds is 7. The summed E-state index contributed by atoms with van der Waals surface area (Å²) in [5.74, 6) is 0.781. The minimum absolute atomic E-state index is 0.223. The van der Waals surface area contributed by atoms with Crippen molar-refractivity contribution in [3.05, 3.63) is 23.8 Å². The highest BCUT2D eigenvalue weighted by Crippen LogP contribution is 2.23. The van der Waals surface area contributed by atoms with Gasteiger partial charge in [-0.2, -0.15) is 0 Å². The molecule has 0 radical (unpaired) electrons. The zero-order valence-electron chi connectivity index (χ0n) is 10.2. The van der Waals surface area contributed by atoms with Gasteiger partial charge in [0.15, 0.2) is 0 Å². The molecule has 0 bridgehead atoms. The lowest BCUT2D eigenvalue weighted by molar-refractivity contribution is -0.137. The molecule has 0 amide bonds. The molecule has 0 aliphatic carbocycles. The van der Waals surface area contributed by atoms with Gasteiger partial charge < -0.3 is 14.6 Å². The van der Waals surface area contributed by atoms with Crippen LogP contribution in [-0.4, -0.2) is 25.3 Å². The lowest BCUT2D eigenvalue weighted by atomic mass is 10.1. The standard InChI is InChI=1S/C13H18O4/c1-16-11-7-10(8-12(9-11)17-2)5-3-4-6-13(14)15/h7-9H,3-6H2,1-2H3,(H,14,15). The average Bonchev–Trinajstić information content (AvgIpc) is 2.34. The van der Waals surface area contributed by atoms with Crippen molar-refractivity contribution < 1.29 is 19.4 Å². The Morgan fingerprint density at radius 1 is 1.12 bits per heavy atom. The van der Waals surface area contributed by atoms with Crippen molar-refractivity contribution >= 4 is 5.97 Å². The Bertz CT molecular complexity index is 351. The molecule has 17 heavy (non-hydrogen) atoms. The Kier molecular flexibility index (Phi) is 5.33. The molecular formula is C13H18O4. The second-order valence-corrected chi connectivity index (χ2v) is 3.82. The minimum atomic E-state index is -0.742. The second-order valence-electron chi connectivity index (χ2n) is 3.82. The highest BCUT2D eigenvalue weighted by Gasteiger charge is 2.03. The van der Waals surface area contributed by atoms with Crippen molar-refractivity contribution in [1.29, 1.82) is 0 Å². The normalized spacial score (nSPS) is 10.0. The van der Waals surface area contributed by atoms with Crippen LogP contribution in [0.4, 0.5) is 0 Å². The Morgan fingerprint density at radius 3 is 2.18 bits per heavy atom. The van der Waals surface area contributed by atoms with E-state index in [0.29, 0.717) is 6.42 Å². The molecule has 0 fully saturated rings. The van der Waals surface area contributed by atoms with Crippen LogP contribution in [0.2, 0.25) is 0 Å². The van der Waals surface area contributed by atoms with Crippen LogP contribution < -0.4 is 9.47 Å². The van der Waals surface area contributed by atoms with Crippen LogP contribution in [0, 0.1) is 0 Å². The Labute approximate surface area is 101 Å². The van der Waals surface area contributed by atoms with Crippen LogP contribution in [0.15, 0.2) is 18.2 Å². The van der Waals surface area contributed by atoms with E-state index in [-0.39, 0.29) is 6.42 Å². The molecule has 1 aromatic carbocycles. The molecule has 0 heterocycles. The lowest BCUT2D eigenvalue weighted by Crippen LogP contribution is -1.96. The first-order valence-electron chi connectivity index (χ1n) is 5.59. The predicted octanol–water partition coefficient (Wildman–Crippen LogP) is 2.50. The van der Waals surface area contributed by atoms with E-state index in [0.717, 1.165) is 29.9 Å². The summed E-state index contributed by atoms with van der Waals surface area (Å²) in [7, 11) is 3.23. The van der Waals surface area contributed by atoms with E-state index in [2.05, 4.69) is 0 Å². The number of carboxylic acid groups (broad SMARTS) is 1. The molecule has 0 saturated carbocycles. The van der Waals surface area contributed by atoms with Gasteiger partial charge in [-0.1, -0.05) is 0 Å². The first-order chi connectivity index (χ1) is 8.15. The van der Waals surface area contributed by atoms with E-state index < -0.39 is 5.97 Å². The van der Waals surface area contributed by atoms with Gasteiger partial charge in [-0.3, -0.25) is 4.79 Å². The van der Waals surface area contributed by atoms with Gasteiger partial charge in [-0.25, -0.2) is 0 Å². The van der Waals surface area contributed by atoms with Crippen LogP contribution in [0.1, 0.15) is 24.8 Å². The maximum atomic E-state index is 10.4. The highest BCUT2D eigenvalue weighted by molar-refractivity contribution is 5.66. The molecule has 0 saturated heterocycles. The van der Waals surface area contributed by atoms with E-state index in [4.69, 9.17) is 14.6 Å². The Morgan fingerprint density at radius 2 is 1.71 bits per heavy atom. The monoisotopic (exact) mass is 238 g/mol. The largest absolute Gasteiger partial charge is 0.497 e. The first-order valence-corrected chi connectivity index (χ1v) is 5.59. The molecular weight excluding hydrogens is 220 g/mol. The third-order valence-corrected chi connectivity index (χ3v) is 2.52. The third kappa shape index (κ3) is 4.76. The van der Waals surface area contributed by atoms with E-state index in [9.17, 15) is 4.79 Å². The van der Waals surface area contributed by atoms with Crippen molar-refractivity contribution in [3.63, 3.8) is 0 Å². The molecule has 1 N–H and O–H groups in total. The van der Waals surface area contributed by atoms with Gasteiger partial charge in [0.05, 0.1) is 14.2 Å².